The van der Waals surface area contributed by atoms with Crippen LogP contribution in [0.3, 0.4) is 0 Å². The van der Waals surface area contributed by atoms with Crippen LogP contribution in [0.15, 0.2) is 36.8 Å². The summed E-state index contributed by atoms with van der Waals surface area (Å²) < 4.78 is 28.8. The van der Waals surface area contributed by atoms with Crippen molar-refractivity contribution in [2.24, 2.45) is 7.05 Å². The first kappa shape index (κ1) is 17.1. The van der Waals surface area contributed by atoms with Gasteiger partial charge >= 0.3 is 0 Å². The van der Waals surface area contributed by atoms with E-state index in [4.69, 9.17) is 11.6 Å². The number of halogens is 3. The van der Waals surface area contributed by atoms with E-state index in [1.807, 2.05) is 0 Å². The summed E-state index contributed by atoms with van der Waals surface area (Å²) in [5, 5.41) is 9.97. The molecule has 0 saturated carbocycles. The Morgan fingerprint density at radius 1 is 1.28 bits per heavy atom. The van der Waals surface area contributed by atoms with Gasteiger partial charge in [-0.05, 0) is 25.1 Å². The maximum atomic E-state index is 13.8. The summed E-state index contributed by atoms with van der Waals surface area (Å²) in [6, 6.07) is 3.20. The zero-order valence-corrected chi connectivity index (χ0v) is 13.8. The topological polar surface area (TPSA) is 67.7 Å². The summed E-state index contributed by atoms with van der Waals surface area (Å²) in [6.07, 6.45) is 4.73. The molecular weight excluding hydrogens is 350 g/mol. The number of anilines is 3. The van der Waals surface area contributed by atoms with E-state index in [1.165, 1.54) is 6.20 Å². The summed E-state index contributed by atoms with van der Waals surface area (Å²) >= 11 is 6.07. The number of aromatic nitrogens is 4. The lowest BCUT2D eigenvalue weighted by molar-refractivity contribution is 0.592. The molecular formula is C16H13ClF2N6. The largest absolute Gasteiger partial charge is 0.356 e. The molecule has 0 aliphatic carbocycles. The molecule has 6 nitrogen and oxygen atoms in total. The molecule has 25 heavy (non-hydrogen) atoms. The van der Waals surface area contributed by atoms with Crippen molar-refractivity contribution in [1.82, 2.24) is 19.7 Å². The SMILES string of the molecule is [CH2][C](Nc1nc(Nc2cnn(C)c2)ncc1Cl)c1cc(F)ccc1F. The smallest absolute Gasteiger partial charge is 0.229 e. The van der Waals surface area contributed by atoms with Crippen molar-refractivity contribution >= 4 is 29.1 Å². The van der Waals surface area contributed by atoms with Gasteiger partial charge in [-0.25, -0.2) is 13.8 Å². The number of aryl methyl sites for hydroxylation is 1. The maximum absolute atomic E-state index is 13.8. The first-order chi connectivity index (χ1) is 11.9. The van der Waals surface area contributed by atoms with Crippen LogP contribution in [0.4, 0.5) is 26.2 Å². The van der Waals surface area contributed by atoms with E-state index in [-0.39, 0.29) is 28.4 Å². The highest BCUT2D eigenvalue weighted by Crippen LogP contribution is 2.26. The predicted molar refractivity (Wildman–Crippen MR) is 91.2 cm³/mol. The highest BCUT2D eigenvalue weighted by molar-refractivity contribution is 6.32. The minimum absolute atomic E-state index is 0.0172. The predicted octanol–water partition coefficient (Wildman–Crippen LogP) is 3.71. The van der Waals surface area contributed by atoms with Crippen LogP contribution >= 0.6 is 11.6 Å². The highest BCUT2D eigenvalue weighted by atomic mass is 35.5. The number of rotatable bonds is 5. The standard InChI is InChI=1S/C16H13ClF2N6/c1-9(12-5-10(18)3-4-14(12)19)22-15-13(17)7-20-16(24-15)23-11-6-21-25(2)8-11/h3-8H,1H2,2H3,(H2,20,22,23,24). The van der Waals surface area contributed by atoms with E-state index < -0.39 is 11.6 Å². The fourth-order valence-electron chi connectivity index (χ4n) is 2.07. The van der Waals surface area contributed by atoms with E-state index in [1.54, 1.807) is 24.1 Å². The van der Waals surface area contributed by atoms with Crippen LogP contribution in [-0.2, 0) is 7.05 Å². The zero-order chi connectivity index (χ0) is 18.0. The lowest BCUT2D eigenvalue weighted by Gasteiger charge is -2.16. The maximum Gasteiger partial charge on any atom is 0.229 e. The molecule has 0 amide bonds. The molecule has 0 saturated heterocycles. The molecule has 0 fully saturated rings. The van der Waals surface area contributed by atoms with Crippen molar-refractivity contribution in [3.63, 3.8) is 0 Å². The van der Waals surface area contributed by atoms with Crippen molar-refractivity contribution in [2.75, 3.05) is 10.6 Å². The Morgan fingerprint density at radius 3 is 2.80 bits per heavy atom. The molecule has 9 heteroatoms. The molecule has 0 bridgehead atoms. The zero-order valence-electron chi connectivity index (χ0n) is 13.1. The Hall–Kier alpha value is -2.74. The van der Waals surface area contributed by atoms with Crippen molar-refractivity contribution in [3.05, 3.63) is 72.0 Å². The molecule has 2 heterocycles. The van der Waals surface area contributed by atoms with E-state index in [0.29, 0.717) is 5.69 Å². The van der Waals surface area contributed by atoms with Crippen LogP contribution in [-0.4, -0.2) is 19.7 Å². The third kappa shape index (κ3) is 4.03. The first-order valence-electron chi connectivity index (χ1n) is 7.12. The molecule has 128 valence electrons. The quantitative estimate of drug-likeness (QED) is 0.724. The summed E-state index contributed by atoms with van der Waals surface area (Å²) in [5.41, 5.74) is 0.669. The van der Waals surface area contributed by atoms with Crippen molar-refractivity contribution in [2.45, 2.75) is 0 Å². The van der Waals surface area contributed by atoms with Gasteiger partial charge in [-0.1, -0.05) is 11.6 Å². The molecule has 2 N–H and O–H groups in total. The normalized spacial score (nSPS) is 11.0. The Balaban J connectivity index is 1.81. The van der Waals surface area contributed by atoms with Crippen molar-refractivity contribution in [3.8, 4) is 0 Å². The molecule has 2 radical (unpaired) electrons. The number of nitrogens with one attached hydrogen (secondary N) is 2. The van der Waals surface area contributed by atoms with Crippen LogP contribution in [0.5, 0.6) is 0 Å². The molecule has 2 aromatic heterocycles. The lowest BCUT2D eigenvalue weighted by Crippen LogP contribution is -2.12. The third-order valence-electron chi connectivity index (χ3n) is 3.23. The van der Waals surface area contributed by atoms with Crippen molar-refractivity contribution < 1.29 is 8.78 Å². The molecule has 3 aromatic rings. The summed E-state index contributed by atoms with van der Waals surface area (Å²) in [5.74, 6) is -0.728. The van der Waals surface area contributed by atoms with Gasteiger partial charge in [-0.15, -0.1) is 0 Å². The van der Waals surface area contributed by atoms with Crippen LogP contribution < -0.4 is 10.6 Å². The monoisotopic (exact) mass is 362 g/mol. The molecule has 3 rings (SSSR count). The van der Waals surface area contributed by atoms with Gasteiger partial charge < -0.3 is 10.6 Å². The Morgan fingerprint density at radius 2 is 2.08 bits per heavy atom. The molecule has 0 atom stereocenters. The van der Waals surface area contributed by atoms with Crippen LogP contribution in [0.1, 0.15) is 5.56 Å². The van der Waals surface area contributed by atoms with Gasteiger partial charge in [0.2, 0.25) is 5.95 Å². The fourth-order valence-corrected chi connectivity index (χ4v) is 2.21. The van der Waals surface area contributed by atoms with E-state index in [2.05, 4.69) is 32.6 Å². The summed E-state index contributed by atoms with van der Waals surface area (Å²) in [7, 11) is 1.78. The minimum Gasteiger partial charge on any atom is -0.356 e. The molecule has 1 aromatic carbocycles. The fraction of sp³-hybridized carbons (Fsp3) is 0.0625. The molecule has 0 unspecified atom stereocenters. The Labute approximate surface area is 147 Å². The van der Waals surface area contributed by atoms with Gasteiger partial charge in [0.25, 0.3) is 0 Å². The Bertz CT molecular complexity index is 898. The second-order valence-corrected chi connectivity index (χ2v) is 5.55. The minimum atomic E-state index is -0.613. The first-order valence-corrected chi connectivity index (χ1v) is 7.50. The highest BCUT2D eigenvalue weighted by Gasteiger charge is 2.16. The lowest BCUT2D eigenvalue weighted by atomic mass is 10.1. The Kier molecular flexibility index (Phi) is 4.80. The number of hydrogen-bond acceptors (Lipinski definition) is 5. The van der Waals surface area contributed by atoms with Gasteiger partial charge in [0.05, 0.1) is 24.1 Å². The van der Waals surface area contributed by atoms with Gasteiger partial charge in [0.15, 0.2) is 5.82 Å². The second kappa shape index (κ2) is 7.02. The molecule has 0 spiro atoms. The number of nitrogens with zero attached hydrogens (tertiary/aromatic N) is 4. The summed E-state index contributed by atoms with van der Waals surface area (Å²) in [6.45, 7) is 3.71. The van der Waals surface area contributed by atoms with Crippen LogP contribution in [0.2, 0.25) is 5.02 Å². The van der Waals surface area contributed by atoms with Gasteiger partial charge in [0.1, 0.15) is 16.7 Å². The van der Waals surface area contributed by atoms with Gasteiger partial charge in [-0.3, -0.25) is 4.68 Å². The molecule has 0 aliphatic heterocycles. The average Bonchev–Trinajstić information content (AvgIpc) is 2.98. The molecule has 0 aliphatic rings. The van der Waals surface area contributed by atoms with E-state index in [9.17, 15) is 8.78 Å². The van der Waals surface area contributed by atoms with Crippen LogP contribution in [0.25, 0.3) is 0 Å². The van der Waals surface area contributed by atoms with Crippen molar-refractivity contribution in [1.29, 1.82) is 0 Å². The van der Waals surface area contributed by atoms with Gasteiger partial charge in [-0.2, -0.15) is 10.1 Å². The number of hydrogen-bond donors (Lipinski definition) is 2. The second-order valence-electron chi connectivity index (χ2n) is 5.15. The third-order valence-corrected chi connectivity index (χ3v) is 3.50. The average molecular weight is 363 g/mol. The van der Waals surface area contributed by atoms with E-state index in [0.717, 1.165) is 18.2 Å². The van der Waals surface area contributed by atoms with Gasteiger partial charge in [0, 0.05) is 18.8 Å². The summed E-state index contributed by atoms with van der Waals surface area (Å²) in [4.78, 5) is 8.28. The van der Waals surface area contributed by atoms with Crippen LogP contribution in [0, 0.1) is 24.6 Å². The van der Waals surface area contributed by atoms with E-state index >= 15 is 0 Å². The number of benzene rings is 1.